The fourth-order valence-corrected chi connectivity index (χ4v) is 11.3. The molecule has 2 fully saturated rings. The lowest BCUT2D eigenvalue weighted by Crippen LogP contribution is -2.58. The molecule has 0 bridgehead atoms. The smallest absolute Gasteiger partial charge is 0.401 e. The lowest BCUT2D eigenvalue weighted by Gasteiger charge is -2.36. The quantitative estimate of drug-likeness (QED) is 0.0446. The van der Waals surface area contributed by atoms with Crippen LogP contribution in [-0.2, 0) is 30.4 Å². The molecular weight excluding hydrogens is 1030 g/mol. The van der Waals surface area contributed by atoms with E-state index >= 15 is 0 Å². The number of aromatic amines is 1. The normalized spacial score (nSPS) is 17.7. The average molecular weight is 1110 g/mol. The number of ether oxygens (including phenoxy) is 4. The summed E-state index contributed by atoms with van der Waals surface area (Å²) in [6.07, 6.45) is -4.09. The zero-order valence-electron chi connectivity index (χ0n) is 45.8. The maximum atomic E-state index is 14.2. The van der Waals surface area contributed by atoms with Crippen molar-refractivity contribution in [2.75, 3.05) is 66.3 Å². The van der Waals surface area contributed by atoms with Crippen molar-refractivity contribution in [1.82, 2.24) is 40.3 Å². The summed E-state index contributed by atoms with van der Waals surface area (Å²) in [4.78, 5) is 78.9. The number of β-amino-alcohol motifs (C(OH)–C–C–N with tert-alkyl or cyclic N) is 1. The molecule has 5 aromatic rings. The van der Waals surface area contributed by atoms with Crippen LogP contribution in [0.3, 0.4) is 0 Å². The molecule has 78 heavy (non-hydrogen) atoms. The van der Waals surface area contributed by atoms with Crippen LogP contribution in [-0.4, -0.2) is 144 Å². The lowest BCUT2D eigenvalue weighted by molar-refractivity contribution is -0.149. The van der Waals surface area contributed by atoms with Crippen molar-refractivity contribution in [3.63, 3.8) is 0 Å². The molecule has 5 heterocycles. The summed E-state index contributed by atoms with van der Waals surface area (Å²) in [7, 11) is 1.45. The molecule has 3 aromatic heterocycles. The average Bonchev–Trinajstić information content (AvgIpc) is 4.30. The van der Waals surface area contributed by atoms with Gasteiger partial charge in [-0.15, -0.1) is 11.3 Å². The van der Waals surface area contributed by atoms with Gasteiger partial charge >= 0.3 is 6.18 Å². The van der Waals surface area contributed by atoms with Crippen molar-refractivity contribution < 1.29 is 56.4 Å². The van der Waals surface area contributed by atoms with Crippen molar-refractivity contribution in [3.8, 4) is 21.9 Å². The Balaban J connectivity index is 0.909. The molecule has 424 valence electrons. The Kier molecular flexibility index (Phi) is 19.5. The Morgan fingerprint density at radius 1 is 0.936 bits per heavy atom. The number of likely N-dealkylation sites (tertiary alicyclic amines) is 2. The van der Waals surface area contributed by atoms with E-state index in [1.54, 1.807) is 62.7 Å². The van der Waals surface area contributed by atoms with Gasteiger partial charge in [0.2, 0.25) is 17.7 Å². The summed E-state index contributed by atoms with van der Waals surface area (Å²) in [5.41, 5.74) is 6.09. The summed E-state index contributed by atoms with van der Waals surface area (Å²) in [6.45, 7) is 14.3. The largest absolute Gasteiger partial charge is 0.496 e. The number of benzene rings is 2. The second-order valence-electron chi connectivity index (χ2n) is 21.4. The van der Waals surface area contributed by atoms with Crippen LogP contribution in [0.4, 0.5) is 13.2 Å². The number of piperidine rings is 1. The molecule has 22 heteroatoms. The van der Waals surface area contributed by atoms with Crippen LogP contribution in [0.5, 0.6) is 11.5 Å². The predicted octanol–water partition coefficient (Wildman–Crippen LogP) is 6.93. The van der Waals surface area contributed by atoms with Gasteiger partial charge in [-0.25, -0.2) is 4.98 Å². The fourth-order valence-electron chi connectivity index (χ4n) is 10.5. The van der Waals surface area contributed by atoms with E-state index in [1.807, 2.05) is 62.6 Å². The van der Waals surface area contributed by atoms with Gasteiger partial charge in [0.1, 0.15) is 36.8 Å². The Morgan fingerprint density at radius 2 is 1.63 bits per heavy atom. The number of alkyl halides is 3. The number of pyridine rings is 1. The van der Waals surface area contributed by atoms with E-state index in [0.29, 0.717) is 65.3 Å². The first kappa shape index (κ1) is 59.3. The zero-order valence-corrected chi connectivity index (χ0v) is 46.6. The molecule has 2 aromatic carbocycles. The third-order valence-electron chi connectivity index (χ3n) is 14.6. The number of hydrogen-bond acceptors (Lipinski definition) is 13. The molecule has 0 radical (unpaired) electrons. The number of thiazole rings is 1. The van der Waals surface area contributed by atoms with Crippen molar-refractivity contribution in [2.24, 2.45) is 11.3 Å². The lowest BCUT2D eigenvalue weighted by atomic mass is 9.85. The monoisotopic (exact) mass is 1110 g/mol. The summed E-state index contributed by atoms with van der Waals surface area (Å²) in [5.74, 6) is -1.01. The molecule has 0 spiro atoms. The third kappa shape index (κ3) is 14.7. The molecule has 5 atom stereocenters. The zero-order chi connectivity index (χ0) is 56.6. The second-order valence-corrected chi connectivity index (χ2v) is 22.2. The van der Waals surface area contributed by atoms with Gasteiger partial charge in [-0.1, -0.05) is 45.0 Å². The molecule has 2 saturated heterocycles. The number of nitrogens with zero attached hydrogens (tertiary/aromatic N) is 4. The topological polar surface area (TPSA) is 219 Å². The summed E-state index contributed by atoms with van der Waals surface area (Å²) in [5, 5.41) is 20.0. The summed E-state index contributed by atoms with van der Waals surface area (Å²) in [6, 6.07) is 12.3. The highest BCUT2D eigenvalue weighted by atomic mass is 32.1. The number of amides is 4. The maximum absolute atomic E-state index is 14.2. The van der Waals surface area contributed by atoms with E-state index in [9.17, 15) is 42.3 Å². The minimum Gasteiger partial charge on any atom is -0.496 e. The SMILES string of the molecule is COc1cc(C)[nH]c(=O)c1CNC(=O)c1c(C)n([C@@H](C)C2CCN(CC(F)(F)F)CC2)c2cc(OCCOCCOCC(=O)N[C@H](C(=O)N3C[C@H](O)C[C@H]3C(=O)N[C@@H](C)c3ccc(-c4scnc4C)cc3)C(C)(C)C)ccc12. The molecule has 0 unspecified atom stereocenters. The van der Waals surface area contributed by atoms with Crippen molar-refractivity contribution in [2.45, 2.75) is 118 Å². The van der Waals surface area contributed by atoms with Crippen LogP contribution in [0.1, 0.15) is 105 Å². The first-order chi connectivity index (χ1) is 36.9. The number of aromatic nitrogens is 3. The minimum atomic E-state index is -4.29. The molecule has 4 amide bonds. The Hall–Kier alpha value is -6.33. The van der Waals surface area contributed by atoms with Gasteiger partial charge in [-0.3, -0.25) is 28.9 Å². The molecule has 0 saturated carbocycles. The van der Waals surface area contributed by atoms with E-state index in [2.05, 4.69) is 25.9 Å². The number of rotatable bonds is 22. The molecule has 2 aliphatic heterocycles. The number of aryl methyl sites for hydroxylation is 2. The van der Waals surface area contributed by atoms with E-state index in [4.69, 9.17) is 18.9 Å². The number of halogens is 3. The molecule has 5 N–H and O–H groups in total. The number of carbonyl (C=O) groups excluding carboxylic acids is 4. The summed E-state index contributed by atoms with van der Waals surface area (Å²) >= 11 is 1.55. The summed E-state index contributed by atoms with van der Waals surface area (Å²) < 4.78 is 64.6. The predicted molar refractivity (Wildman–Crippen MR) is 290 cm³/mol. The van der Waals surface area contributed by atoms with Crippen LogP contribution >= 0.6 is 11.3 Å². The standard InChI is InChI=1S/C56H73F3N8O10S/c1-32-24-46(74-9)43(51(70)62-32)27-60-53(72)48-36(5)67(35(4)38-16-18-65(19-17-38)30-56(57,58)59)44-26-41(14-15-42(44)48)77-23-22-75-20-21-76-29-47(69)64-50(55(6,7)8)54(73)66-28-40(68)25-45(66)52(71)63-33(2)37-10-12-39(13-11-37)49-34(3)61-31-78-49/h10-15,24,26,31,33,35,38,40,45,50,68H,16-23,25,27-30H2,1-9H3,(H,60,72)(H,62,70)(H,63,71)(H,64,69)/t33-,35-,40+,45-,50+/m0/s1. The number of carbonyl (C=O) groups is 4. The van der Waals surface area contributed by atoms with Gasteiger partial charge in [0, 0.05) is 41.8 Å². The first-order valence-corrected chi connectivity index (χ1v) is 27.2. The molecule has 0 aliphatic carbocycles. The Bertz CT molecular complexity index is 2960. The van der Waals surface area contributed by atoms with E-state index in [-0.39, 0.29) is 81.7 Å². The molecular formula is C56H73F3N8O10S. The van der Waals surface area contributed by atoms with Crippen molar-refractivity contribution in [3.05, 3.63) is 98.2 Å². The van der Waals surface area contributed by atoms with Gasteiger partial charge in [-0.2, -0.15) is 13.2 Å². The molecule has 18 nitrogen and oxygen atoms in total. The maximum Gasteiger partial charge on any atom is 0.401 e. The van der Waals surface area contributed by atoms with Gasteiger partial charge in [0.15, 0.2) is 0 Å². The number of aliphatic hydroxyl groups excluding tert-OH is 1. The van der Waals surface area contributed by atoms with Crippen LogP contribution < -0.4 is 31.0 Å². The number of nitrogens with one attached hydrogen (secondary N) is 4. The number of methoxy groups -OCH3 is 1. The number of fused-ring (bicyclic) bond motifs is 1. The highest BCUT2D eigenvalue weighted by molar-refractivity contribution is 7.13. The molecule has 2 aliphatic rings. The van der Waals surface area contributed by atoms with Crippen molar-refractivity contribution >= 4 is 45.9 Å². The molecule has 7 rings (SSSR count). The van der Waals surface area contributed by atoms with Gasteiger partial charge in [0.25, 0.3) is 11.5 Å². The van der Waals surface area contributed by atoms with Crippen LogP contribution in [0.25, 0.3) is 21.3 Å². The number of aliphatic hydroxyl groups is 1. The Morgan fingerprint density at radius 3 is 2.28 bits per heavy atom. The highest BCUT2D eigenvalue weighted by Crippen LogP contribution is 2.38. The van der Waals surface area contributed by atoms with Gasteiger partial charge in [0.05, 0.1) is 84.9 Å². The van der Waals surface area contributed by atoms with Crippen LogP contribution in [0.2, 0.25) is 0 Å². The van der Waals surface area contributed by atoms with Gasteiger partial charge < -0.3 is 54.5 Å². The van der Waals surface area contributed by atoms with Crippen molar-refractivity contribution in [1.29, 1.82) is 0 Å². The fraction of sp³-hybridized carbons (Fsp3) is 0.536. The van der Waals surface area contributed by atoms with E-state index in [0.717, 1.165) is 21.7 Å². The second kappa shape index (κ2) is 25.6. The number of H-pyrrole nitrogens is 1. The number of hydrogen-bond donors (Lipinski definition) is 5. The minimum absolute atomic E-state index is 0.0196. The highest BCUT2D eigenvalue weighted by Gasteiger charge is 2.45. The van der Waals surface area contributed by atoms with Crippen LogP contribution in [0.15, 0.2) is 58.8 Å². The van der Waals surface area contributed by atoms with Crippen LogP contribution in [0, 0.1) is 32.1 Å². The van der Waals surface area contributed by atoms with E-state index < -0.39 is 60.0 Å². The Labute approximate surface area is 456 Å². The first-order valence-electron chi connectivity index (χ1n) is 26.3. The third-order valence-corrected chi connectivity index (χ3v) is 15.6. The van der Waals surface area contributed by atoms with Gasteiger partial charge in [-0.05, 0) is 101 Å². The van der Waals surface area contributed by atoms with E-state index in [1.165, 1.54) is 16.9 Å².